The normalized spacial score (nSPS) is 21.0. The molecule has 0 saturated carbocycles. The van der Waals surface area contributed by atoms with Crippen molar-refractivity contribution in [3.63, 3.8) is 0 Å². The Kier molecular flexibility index (Phi) is 4.67. The van der Waals surface area contributed by atoms with Crippen molar-refractivity contribution in [3.05, 3.63) is 35.4 Å². The first-order valence-corrected chi connectivity index (χ1v) is 6.86. The third kappa shape index (κ3) is 3.44. The number of carboxylic acid groups (broad SMARTS) is 1. The smallest absolute Gasteiger partial charge is 0.307 e. The standard InChI is InChI=1S/C15H17F2NO3/c1-9(18-6-2-3-10(8-18)15(20)21)14(19)12-7-11(16)4-5-13(12)17/h4-5,7,9-10H,2-3,6,8H2,1H3,(H,20,21). The molecule has 0 amide bonds. The van der Waals surface area contributed by atoms with Gasteiger partial charge in [-0.3, -0.25) is 14.5 Å². The van der Waals surface area contributed by atoms with Crippen LogP contribution >= 0.6 is 0 Å². The number of hydrogen-bond acceptors (Lipinski definition) is 3. The first-order chi connectivity index (χ1) is 9.90. The Balaban J connectivity index is 2.15. The van der Waals surface area contributed by atoms with Gasteiger partial charge in [0.25, 0.3) is 0 Å². The topological polar surface area (TPSA) is 57.6 Å². The molecule has 1 aliphatic heterocycles. The Hall–Kier alpha value is -1.82. The van der Waals surface area contributed by atoms with Crippen LogP contribution < -0.4 is 0 Å². The second kappa shape index (κ2) is 6.30. The Bertz CT molecular complexity index is 562. The van der Waals surface area contributed by atoms with Gasteiger partial charge < -0.3 is 5.11 Å². The summed E-state index contributed by atoms with van der Waals surface area (Å²) in [5, 5.41) is 9.05. The van der Waals surface area contributed by atoms with Crippen LogP contribution in [0.2, 0.25) is 0 Å². The van der Waals surface area contributed by atoms with Crippen LogP contribution in [-0.4, -0.2) is 40.9 Å². The molecule has 0 spiro atoms. The number of piperidine rings is 1. The van der Waals surface area contributed by atoms with Crippen molar-refractivity contribution in [1.82, 2.24) is 4.90 Å². The first kappa shape index (κ1) is 15.6. The number of carboxylic acids is 1. The van der Waals surface area contributed by atoms with E-state index in [9.17, 15) is 18.4 Å². The Morgan fingerprint density at radius 2 is 2.10 bits per heavy atom. The summed E-state index contributed by atoms with van der Waals surface area (Å²) in [5.41, 5.74) is -0.292. The van der Waals surface area contributed by atoms with Crippen molar-refractivity contribution >= 4 is 11.8 Å². The van der Waals surface area contributed by atoms with Crippen molar-refractivity contribution in [2.45, 2.75) is 25.8 Å². The van der Waals surface area contributed by atoms with E-state index >= 15 is 0 Å². The average Bonchev–Trinajstić information content (AvgIpc) is 2.48. The highest BCUT2D eigenvalue weighted by Gasteiger charge is 2.31. The fraction of sp³-hybridized carbons (Fsp3) is 0.467. The summed E-state index contributed by atoms with van der Waals surface area (Å²) >= 11 is 0. The van der Waals surface area contributed by atoms with Gasteiger partial charge in [-0.05, 0) is 44.5 Å². The van der Waals surface area contributed by atoms with Crippen LogP contribution in [0.3, 0.4) is 0 Å². The number of ketones is 1. The molecule has 1 aromatic rings. The summed E-state index contributed by atoms with van der Waals surface area (Å²) < 4.78 is 26.8. The van der Waals surface area contributed by atoms with Crippen LogP contribution in [-0.2, 0) is 4.79 Å². The van der Waals surface area contributed by atoms with E-state index in [1.54, 1.807) is 11.8 Å². The molecule has 1 saturated heterocycles. The lowest BCUT2D eigenvalue weighted by atomic mass is 9.95. The lowest BCUT2D eigenvalue weighted by Crippen LogP contribution is -2.46. The Morgan fingerprint density at radius 1 is 1.38 bits per heavy atom. The van der Waals surface area contributed by atoms with Gasteiger partial charge >= 0.3 is 5.97 Å². The number of likely N-dealkylation sites (tertiary alicyclic amines) is 1. The predicted octanol–water partition coefficient (Wildman–Crippen LogP) is 2.33. The van der Waals surface area contributed by atoms with Gasteiger partial charge in [0, 0.05) is 6.54 Å². The molecule has 1 heterocycles. The minimum absolute atomic E-state index is 0.249. The molecular weight excluding hydrogens is 280 g/mol. The van der Waals surface area contributed by atoms with E-state index in [-0.39, 0.29) is 12.1 Å². The molecular formula is C15H17F2NO3. The molecule has 1 aliphatic rings. The number of aliphatic carboxylic acids is 1. The van der Waals surface area contributed by atoms with Crippen molar-refractivity contribution in [2.75, 3.05) is 13.1 Å². The molecule has 0 aliphatic carbocycles. The molecule has 1 aromatic carbocycles. The minimum Gasteiger partial charge on any atom is -0.481 e. The minimum atomic E-state index is -0.892. The Morgan fingerprint density at radius 3 is 2.76 bits per heavy atom. The molecule has 1 fully saturated rings. The summed E-state index contributed by atoms with van der Waals surface area (Å²) in [6.45, 7) is 2.42. The third-order valence-corrected chi connectivity index (χ3v) is 3.92. The average molecular weight is 297 g/mol. The van der Waals surface area contributed by atoms with Gasteiger partial charge in [0.15, 0.2) is 5.78 Å². The van der Waals surface area contributed by atoms with Crippen molar-refractivity contribution < 1.29 is 23.5 Å². The van der Waals surface area contributed by atoms with Crippen molar-refractivity contribution in [2.24, 2.45) is 5.92 Å². The van der Waals surface area contributed by atoms with Gasteiger partial charge in [0.1, 0.15) is 11.6 Å². The lowest BCUT2D eigenvalue weighted by Gasteiger charge is -2.34. The van der Waals surface area contributed by atoms with Gasteiger partial charge in [-0.2, -0.15) is 0 Å². The molecule has 114 valence electrons. The van der Waals surface area contributed by atoms with E-state index in [4.69, 9.17) is 5.11 Å². The number of halogens is 2. The molecule has 1 N–H and O–H groups in total. The number of Topliss-reactive ketones (excluding diaryl/α,β-unsaturated/α-hetero) is 1. The summed E-state index contributed by atoms with van der Waals surface area (Å²) in [7, 11) is 0. The molecule has 4 nitrogen and oxygen atoms in total. The zero-order chi connectivity index (χ0) is 15.6. The molecule has 21 heavy (non-hydrogen) atoms. The fourth-order valence-corrected chi connectivity index (χ4v) is 2.64. The maximum absolute atomic E-state index is 13.7. The van der Waals surface area contributed by atoms with Crippen LogP contribution in [0.4, 0.5) is 8.78 Å². The maximum Gasteiger partial charge on any atom is 0.307 e. The third-order valence-electron chi connectivity index (χ3n) is 3.92. The lowest BCUT2D eigenvalue weighted by molar-refractivity contribution is -0.143. The summed E-state index contributed by atoms with van der Waals surface area (Å²) in [6.07, 6.45) is 1.24. The number of hydrogen-bond donors (Lipinski definition) is 1. The zero-order valence-electron chi connectivity index (χ0n) is 11.7. The molecule has 2 atom stereocenters. The Labute approximate surface area is 121 Å². The van der Waals surface area contributed by atoms with Crippen LogP contribution in [0.1, 0.15) is 30.1 Å². The van der Waals surface area contributed by atoms with Gasteiger partial charge in [0.2, 0.25) is 0 Å². The number of rotatable bonds is 4. The van der Waals surface area contributed by atoms with Crippen molar-refractivity contribution in [1.29, 1.82) is 0 Å². The largest absolute Gasteiger partial charge is 0.481 e. The van der Waals surface area contributed by atoms with Crippen LogP contribution in [0.5, 0.6) is 0 Å². The molecule has 0 radical (unpaired) electrons. The van der Waals surface area contributed by atoms with Gasteiger partial charge in [0.05, 0.1) is 17.5 Å². The van der Waals surface area contributed by atoms with Crippen LogP contribution in [0.25, 0.3) is 0 Å². The number of nitrogens with zero attached hydrogens (tertiary/aromatic N) is 1. The second-order valence-corrected chi connectivity index (χ2v) is 5.34. The second-order valence-electron chi connectivity index (χ2n) is 5.34. The van der Waals surface area contributed by atoms with Crippen molar-refractivity contribution in [3.8, 4) is 0 Å². The zero-order valence-corrected chi connectivity index (χ0v) is 11.7. The predicted molar refractivity (Wildman–Crippen MR) is 72.1 cm³/mol. The van der Waals surface area contributed by atoms with E-state index in [1.807, 2.05) is 0 Å². The SMILES string of the molecule is CC(C(=O)c1cc(F)ccc1F)N1CCCC(C(=O)O)C1. The molecule has 2 rings (SSSR count). The van der Waals surface area contributed by atoms with E-state index < -0.39 is 35.3 Å². The summed E-state index contributed by atoms with van der Waals surface area (Å²) in [5.74, 6) is -3.38. The van der Waals surface area contributed by atoms with E-state index in [2.05, 4.69) is 0 Å². The highest BCUT2D eigenvalue weighted by molar-refractivity contribution is 6.00. The quantitative estimate of drug-likeness (QED) is 0.867. The molecule has 0 bridgehead atoms. The number of carbonyl (C=O) groups excluding carboxylic acids is 1. The molecule has 0 aromatic heterocycles. The fourth-order valence-electron chi connectivity index (χ4n) is 2.64. The van der Waals surface area contributed by atoms with E-state index in [1.165, 1.54) is 0 Å². The van der Waals surface area contributed by atoms with Crippen LogP contribution in [0.15, 0.2) is 18.2 Å². The summed E-state index contributed by atoms with van der Waals surface area (Å²) in [6, 6.07) is 2.08. The van der Waals surface area contributed by atoms with Crippen LogP contribution in [0, 0.1) is 17.6 Å². The molecule has 2 unspecified atom stereocenters. The van der Waals surface area contributed by atoms with E-state index in [0.29, 0.717) is 19.4 Å². The van der Waals surface area contributed by atoms with Gasteiger partial charge in [-0.1, -0.05) is 0 Å². The first-order valence-electron chi connectivity index (χ1n) is 6.86. The highest BCUT2D eigenvalue weighted by atomic mass is 19.1. The van der Waals surface area contributed by atoms with Gasteiger partial charge in [-0.15, -0.1) is 0 Å². The maximum atomic E-state index is 13.7. The molecule has 6 heteroatoms. The van der Waals surface area contributed by atoms with E-state index in [0.717, 1.165) is 18.2 Å². The van der Waals surface area contributed by atoms with Gasteiger partial charge in [-0.25, -0.2) is 8.78 Å². The summed E-state index contributed by atoms with van der Waals surface area (Å²) in [4.78, 5) is 25.1. The number of benzene rings is 1. The number of carbonyl (C=O) groups is 2. The monoisotopic (exact) mass is 297 g/mol. The highest BCUT2D eigenvalue weighted by Crippen LogP contribution is 2.21.